The van der Waals surface area contributed by atoms with Crippen LogP contribution in [-0.4, -0.2) is 34.1 Å². The fraction of sp³-hybridized carbons (Fsp3) is 0.556. The molecule has 1 aliphatic heterocycles. The second-order valence-electron chi connectivity index (χ2n) is 3.30. The van der Waals surface area contributed by atoms with Gasteiger partial charge in [0.25, 0.3) is 0 Å². The summed E-state index contributed by atoms with van der Waals surface area (Å²) in [7, 11) is 0. The van der Waals surface area contributed by atoms with Crippen molar-refractivity contribution in [1.29, 1.82) is 0 Å². The molecule has 5 heteroatoms. The molecule has 0 amide bonds. The first kappa shape index (κ1) is 10.1. The van der Waals surface area contributed by atoms with E-state index in [0.717, 1.165) is 23.9 Å². The topological polar surface area (TPSA) is 29.0 Å². The van der Waals surface area contributed by atoms with Gasteiger partial charge in [-0.2, -0.15) is 11.8 Å². The molecule has 0 saturated carbocycles. The maximum atomic E-state index is 5.76. The summed E-state index contributed by atoms with van der Waals surface area (Å²) in [6.45, 7) is 3.25. The highest BCUT2D eigenvalue weighted by molar-refractivity contribution is 7.99. The molecular formula is C9H12ClN3S. The fourth-order valence-corrected chi connectivity index (χ4v) is 2.71. The minimum absolute atomic E-state index is 0.327. The monoisotopic (exact) mass is 229 g/mol. The van der Waals surface area contributed by atoms with Crippen LogP contribution in [0.15, 0.2) is 12.3 Å². The zero-order chi connectivity index (χ0) is 9.97. The van der Waals surface area contributed by atoms with E-state index in [4.69, 9.17) is 11.6 Å². The van der Waals surface area contributed by atoms with Crippen molar-refractivity contribution in [3.63, 3.8) is 0 Å². The first-order valence-corrected chi connectivity index (χ1v) is 6.13. The van der Waals surface area contributed by atoms with E-state index in [2.05, 4.69) is 21.8 Å². The smallest absolute Gasteiger partial charge is 0.224 e. The van der Waals surface area contributed by atoms with Gasteiger partial charge in [0.05, 0.1) is 0 Å². The lowest BCUT2D eigenvalue weighted by molar-refractivity contribution is 0.688. The van der Waals surface area contributed by atoms with E-state index in [9.17, 15) is 0 Å². The van der Waals surface area contributed by atoms with Crippen LogP contribution in [0.25, 0.3) is 0 Å². The fourth-order valence-electron chi connectivity index (χ4n) is 1.55. The zero-order valence-corrected chi connectivity index (χ0v) is 9.55. The van der Waals surface area contributed by atoms with Crippen molar-refractivity contribution in [2.75, 3.05) is 23.0 Å². The summed E-state index contributed by atoms with van der Waals surface area (Å²) in [6.07, 6.45) is 1.71. The molecule has 0 N–H and O–H groups in total. The highest BCUT2D eigenvalue weighted by Crippen LogP contribution is 2.22. The second kappa shape index (κ2) is 4.36. The van der Waals surface area contributed by atoms with E-state index in [1.165, 1.54) is 0 Å². The highest BCUT2D eigenvalue weighted by atomic mass is 35.5. The molecule has 3 nitrogen and oxygen atoms in total. The van der Waals surface area contributed by atoms with Crippen molar-refractivity contribution < 1.29 is 0 Å². The lowest BCUT2D eigenvalue weighted by atomic mass is 10.3. The number of thioether (sulfide) groups is 1. The zero-order valence-electron chi connectivity index (χ0n) is 7.98. The third-order valence-electron chi connectivity index (χ3n) is 2.27. The molecule has 1 atom stereocenters. The summed E-state index contributed by atoms with van der Waals surface area (Å²) in [5.74, 6) is 3.26. The molecule has 0 radical (unpaired) electrons. The summed E-state index contributed by atoms with van der Waals surface area (Å²) >= 11 is 7.75. The van der Waals surface area contributed by atoms with Crippen molar-refractivity contribution in [2.45, 2.75) is 13.0 Å². The van der Waals surface area contributed by atoms with Crippen LogP contribution in [0.4, 0.5) is 5.82 Å². The summed E-state index contributed by atoms with van der Waals surface area (Å²) < 4.78 is 0. The molecule has 1 saturated heterocycles. The van der Waals surface area contributed by atoms with Crippen LogP contribution in [0.1, 0.15) is 6.92 Å². The Morgan fingerprint density at radius 1 is 1.64 bits per heavy atom. The van der Waals surface area contributed by atoms with Crippen LogP contribution >= 0.6 is 23.4 Å². The summed E-state index contributed by atoms with van der Waals surface area (Å²) in [5.41, 5.74) is 0. The molecule has 76 valence electrons. The maximum absolute atomic E-state index is 5.76. The number of hydrogen-bond acceptors (Lipinski definition) is 4. The van der Waals surface area contributed by atoms with Crippen LogP contribution in [0.3, 0.4) is 0 Å². The molecule has 1 fully saturated rings. The van der Waals surface area contributed by atoms with Crippen LogP contribution < -0.4 is 4.90 Å². The lowest BCUT2D eigenvalue weighted by Gasteiger charge is -2.33. The molecule has 14 heavy (non-hydrogen) atoms. The number of nitrogens with zero attached hydrogens (tertiary/aromatic N) is 3. The molecule has 2 heterocycles. The van der Waals surface area contributed by atoms with Crippen molar-refractivity contribution in [3.8, 4) is 0 Å². The Balaban J connectivity index is 2.20. The third kappa shape index (κ3) is 2.12. The van der Waals surface area contributed by atoms with Gasteiger partial charge in [-0.15, -0.1) is 0 Å². The van der Waals surface area contributed by atoms with Crippen molar-refractivity contribution >= 4 is 29.2 Å². The Bertz CT molecular complexity index is 321. The number of anilines is 1. The summed E-state index contributed by atoms with van der Waals surface area (Å²) in [5, 5.41) is 0.327. The van der Waals surface area contributed by atoms with Crippen LogP contribution in [-0.2, 0) is 0 Å². The van der Waals surface area contributed by atoms with Gasteiger partial charge in [-0.05, 0) is 24.6 Å². The minimum Gasteiger partial charge on any atom is -0.352 e. The summed E-state index contributed by atoms with van der Waals surface area (Å²) in [4.78, 5) is 10.4. The quantitative estimate of drug-likeness (QED) is 0.690. The molecule has 1 unspecified atom stereocenters. The molecule has 0 bridgehead atoms. The average Bonchev–Trinajstić information content (AvgIpc) is 2.18. The second-order valence-corrected chi connectivity index (χ2v) is 4.79. The maximum Gasteiger partial charge on any atom is 0.224 e. The Kier molecular flexibility index (Phi) is 3.13. The van der Waals surface area contributed by atoms with Gasteiger partial charge in [0.2, 0.25) is 5.28 Å². The average molecular weight is 230 g/mol. The van der Waals surface area contributed by atoms with Gasteiger partial charge in [0.1, 0.15) is 5.82 Å². The van der Waals surface area contributed by atoms with E-state index in [1.807, 2.05) is 17.8 Å². The number of aromatic nitrogens is 2. The Morgan fingerprint density at radius 2 is 2.50 bits per heavy atom. The summed E-state index contributed by atoms with van der Waals surface area (Å²) in [6, 6.07) is 2.44. The number of halogens is 1. The minimum atomic E-state index is 0.327. The van der Waals surface area contributed by atoms with E-state index in [1.54, 1.807) is 6.20 Å². The predicted molar refractivity (Wildman–Crippen MR) is 61.2 cm³/mol. The molecule has 0 spiro atoms. The molecular weight excluding hydrogens is 218 g/mol. The van der Waals surface area contributed by atoms with Crippen LogP contribution in [0.5, 0.6) is 0 Å². The molecule has 1 aliphatic rings. The van der Waals surface area contributed by atoms with Gasteiger partial charge in [-0.3, -0.25) is 0 Å². The molecule has 1 aromatic heterocycles. The first-order chi connectivity index (χ1) is 6.77. The Morgan fingerprint density at radius 3 is 3.21 bits per heavy atom. The number of hydrogen-bond donors (Lipinski definition) is 0. The Hall–Kier alpha value is -0.480. The van der Waals surface area contributed by atoms with E-state index >= 15 is 0 Å². The lowest BCUT2D eigenvalue weighted by Crippen LogP contribution is -2.40. The SMILES string of the molecule is CC1CSCCN1c1ccnc(Cl)n1. The Labute approximate surface area is 92.9 Å². The van der Waals surface area contributed by atoms with Crippen LogP contribution in [0, 0.1) is 0 Å². The van der Waals surface area contributed by atoms with Gasteiger partial charge in [0.15, 0.2) is 0 Å². The van der Waals surface area contributed by atoms with Crippen molar-refractivity contribution in [2.24, 2.45) is 0 Å². The van der Waals surface area contributed by atoms with Gasteiger partial charge < -0.3 is 4.90 Å². The predicted octanol–water partition coefficient (Wildman–Crippen LogP) is 2.07. The van der Waals surface area contributed by atoms with Crippen molar-refractivity contribution in [1.82, 2.24) is 9.97 Å². The molecule has 0 aliphatic carbocycles. The normalized spacial score (nSPS) is 22.4. The van der Waals surface area contributed by atoms with E-state index in [0.29, 0.717) is 11.3 Å². The molecule has 0 aromatic carbocycles. The molecule has 2 rings (SSSR count). The van der Waals surface area contributed by atoms with Crippen molar-refractivity contribution in [3.05, 3.63) is 17.5 Å². The van der Waals surface area contributed by atoms with Gasteiger partial charge >= 0.3 is 0 Å². The number of rotatable bonds is 1. The van der Waals surface area contributed by atoms with E-state index < -0.39 is 0 Å². The third-order valence-corrected chi connectivity index (χ3v) is 3.64. The van der Waals surface area contributed by atoms with E-state index in [-0.39, 0.29) is 0 Å². The van der Waals surface area contributed by atoms with Gasteiger partial charge in [0, 0.05) is 30.3 Å². The van der Waals surface area contributed by atoms with Crippen LogP contribution in [0.2, 0.25) is 5.28 Å². The highest BCUT2D eigenvalue weighted by Gasteiger charge is 2.19. The van der Waals surface area contributed by atoms with Gasteiger partial charge in [-0.1, -0.05) is 0 Å². The van der Waals surface area contributed by atoms with Gasteiger partial charge in [-0.25, -0.2) is 9.97 Å². The first-order valence-electron chi connectivity index (χ1n) is 4.60. The largest absolute Gasteiger partial charge is 0.352 e. The molecule has 1 aromatic rings. The standard InChI is InChI=1S/C9H12ClN3S/c1-7-6-14-5-4-13(7)8-2-3-11-9(10)12-8/h2-3,7H,4-6H2,1H3.